The van der Waals surface area contributed by atoms with E-state index in [1.807, 2.05) is 30.0 Å². The highest BCUT2D eigenvalue weighted by Gasteiger charge is 2.21. The first-order valence-corrected chi connectivity index (χ1v) is 8.68. The van der Waals surface area contributed by atoms with Crippen LogP contribution in [0.15, 0.2) is 22.7 Å². The summed E-state index contributed by atoms with van der Waals surface area (Å²) in [6.07, 6.45) is 0.356. The molecule has 6 heteroatoms. The molecule has 1 saturated heterocycles. The number of hydrogen-bond donors (Lipinski definition) is 0. The van der Waals surface area contributed by atoms with Crippen molar-refractivity contribution in [3.8, 4) is 0 Å². The Bertz CT molecular complexity index is 583. The fourth-order valence-electron chi connectivity index (χ4n) is 2.64. The summed E-state index contributed by atoms with van der Waals surface area (Å²) in [6.45, 7) is 7.31. The lowest BCUT2D eigenvalue weighted by molar-refractivity contribution is -0.132. The summed E-state index contributed by atoms with van der Waals surface area (Å²) in [6, 6.07) is 5.82. The molecular formula is C17H24BrN3O2. The molecule has 0 unspecified atom stereocenters. The highest BCUT2D eigenvalue weighted by Crippen LogP contribution is 2.24. The minimum Gasteiger partial charge on any atom is -0.340 e. The molecule has 1 aromatic rings. The number of aryl methyl sites for hydroxylation is 1. The topological polar surface area (TPSA) is 43.9 Å². The molecule has 1 aliphatic rings. The van der Waals surface area contributed by atoms with E-state index in [2.05, 4.69) is 27.9 Å². The largest absolute Gasteiger partial charge is 0.340 e. The molecule has 1 fully saturated rings. The standard InChI is InChI=1S/C17H24BrN3O2/c1-13-4-5-15(12-16(13)18)21(14(2)22)7-6-17(23)20-10-8-19(3)9-11-20/h4-5,12H,6-11H2,1-3H3. The molecule has 0 saturated carbocycles. The molecular weight excluding hydrogens is 358 g/mol. The van der Waals surface area contributed by atoms with Crippen molar-refractivity contribution in [2.24, 2.45) is 0 Å². The molecule has 0 atom stereocenters. The average Bonchev–Trinajstić information content (AvgIpc) is 2.51. The van der Waals surface area contributed by atoms with E-state index in [1.54, 1.807) is 4.90 Å². The molecule has 23 heavy (non-hydrogen) atoms. The molecule has 126 valence electrons. The molecule has 1 aliphatic heterocycles. The predicted molar refractivity (Wildman–Crippen MR) is 95.6 cm³/mol. The van der Waals surface area contributed by atoms with Gasteiger partial charge < -0.3 is 14.7 Å². The third-order valence-corrected chi connectivity index (χ3v) is 5.11. The van der Waals surface area contributed by atoms with Crippen molar-refractivity contribution in [3.05, 3.63) is 28.2 Å². The second-order valence-corrected chi connectivity index (χ2v) is 6.89. The van der Waals surface area contributed by atoms with Gasteiger partial charge in [0, 0.05) is 56.2 Å². The second kappa shape index (κ2) is 7.93. The molecule has 0 N–H and O–H groups in total. The van der Waals surface area contributed by atoms with E-state index < -0.39 is 0 Å². The minimum atomic E-state index is -0.0491. The summed E-state index contributed by atoms with van der Waals surface area (Å²) in [5.41, 5.74) is 1.94. The fourth-order valence-corrected chi connectivity index (χ4v) is 3.01. The zero-order valence-electron chi connectivity index (χ0n) is 14.0. The Morgan fingerprint density at radius 2 is 1.87 bits per heavy atom. The number of hydrogen-bond acceptors (Lipinski definition) is 3. The fraction of sp³-hybridized carbons (Fsp3) is 0.529. The van der Waals surface area contributed by atoms with Crippen LogP contribution in [0.4, 0.5) is 5.69 Å². The van der Waals surface area contributed by atoms with Gasteiger partial charge in [0.1, 0.15) is 0 Å². The lowest BCUT2D eigenvalue weighted by atomic mass is 10.2. The maximum Gasteiger partial charge on any atom is 0.224 e. The number of benzene rings is 1. The van der Waals surface area contributed by atoms with Gasteiger partial charge in [0.15, 0.2) is 0 Å². The van der Waals surface area contributed by atoms with Crippen LogP contribution in [0.2, 0.25) is 0 Å². The van der Waals surface area contributed by atoms with Crippen molar-refractivity contribution >= 4 is 33.4 Å². The van der Waals surface area contributed by atoms with Gasteiger partial charge in [-0.15, -0.1) is 0 Å². The van der Waals surface area contributed by atoms with Crippen LogP contribution in [0, 0.1) is 6.92 Å². The molecule has 5 nitrogen and oxygen atoms in total. The van der Waals surface area contributed by atoms with Crippen LogP contribution in [0.5, 0.6) is 0 Å². The second-order valence-electron chi connectivity index (χ2n) is 6.04. The van der Waals surface area contributed by atoms with Gasteiger partial charge in [-0.25, -0.2) is 0 Å². The Hall–Kier alpha value is -1.40. The third kappa shape index (κ3) is 4.78. The first-order chi connectivity index (χ1) is 10.9. The van der Waals surface area contributed by atoms with Gasteiger partial charge in [0.2, 0.25) is 11.8 Å². The van der Waals surface area contributed by atoms with Gasteiger partial charge in [0.25, 0.3) is 0 Å². The van der Waals surface area contributed by atoms with E-state index in [1.165, 1.54) is 6.92 Å². The van der Waals surface area contributed by atoms with Crippen LogP contribution < -0.4 is 4.90 Å². The number of halogens is 1. The summed E-state index contributed by atoms with van der Waals surface area (Å²) in [7, 11) is 2.06. The number of anilines is 1. The molecule has 0 radical (unpaired) electrons. The van der Waals surface area contributed by atoms with Crippen LogP contribution in [0.3, 0.4) is 0 Å². The molecule has 2 rings (SSSR count). The maximum atomic E-state index is 12.3. The molecule has 0 spiro atoms. The predicted octanol–water partition coefficient (Wildman–Crippen LogP) is 2.27. The molecule has 1 heterocycles. The van der Waals surface area contributed by atoms with Crippen LogP contribution >= 0.6 is 15.9 Å². The Morgan fingerprint density at radius 3 is 2.43 bits per heavy atom. The third-order valence-electron chi connectivity index (χ3n) is 4.25. The van der Waals surface area contributed by atoms with Crippen LogP contribution in [-0.4, -0.2) is 61.4 Å². The van der Waals surface area contributed by atoms with Crippen molar-refractivity contribution < 1.29 is 9.59 Å². The summed E-state index contributed by atoms with van der Waals surface area (Å²) < 4.78 is 0.964. The van der Waals surface area contributed by atoms with Crippen LogP contribution in [0.1, 0.15) is 18.9 Å². The Balaban J connectivity index is 1.98. The molecule has 1 aromatic carbocycles. The number of amides is 2. The minimum absolute atomic E-state index is 0.0491. The van der Waals surface area contributed by atoms with Crippen molar-refractivity contribution in [1.82, 2.24) is 9.80 Å². The zero-order chi connectivity index (χ0) is 17.0. The SMILES string of the molecule is CC(=O)N(CCC(=O)N1CCN(C)CC1)c1ccc(C)c(Br)c1. The van der Waals surface area contributed by atoms with E-state index in [9.17, 15) is 9.59 Å². The number of carbonyl (C=O) groups is 2. The van der Waals surface area contributed by atoms with Crippen molar-refractivity contribution in [2.75, 3.05) is 44.7 Å². The molecule has 0 aliphatic carbocycles. The molecule has 0 aromatic heterocycles. The van der Waals surface area contributed by atoms with Crippen molar-refractivity contribution in [2.45, 2.75) is 20.3 Å². The quantitative estimate of drug-likeness (QED) is 0.803. The van der Waals surface area contributed by atoms with E-state index in [4.69, 9.17) is 0 Å². The van der Waals surface area contributed by atoms with Gasteiger partial charge in [0.05, 0.1) is 0 Å². The molecule has 0 bridgehead atoms. The van der Waals surface area contributed by atoms with Gasteiger partial charge in [-0.2, -0.15) is 0 Å². The summed E-state index contributed by atoms with van der Waals surface area (Å²) in [4.78, 5) is 30.1. The highest BCUT2D eigenvalue weighted by molar-refractivity contribution is 9.10. The monoisotopic (exact) mass is 381 g/mol. The first kappa shape index (κ1) is 17.9. The van der Waals surface area contributed by atoms with Gasteiger partial charge in [-0.3, -0.25) is 9.59 Å². The van der Waals surface area contributed by atoms with E-state index >= 15 is 0 Å². The number of carbonyl (C=O) groups excluding carboxylic acids is 2. The molecule has 2 amide bonds. The Morgan fingerprint density at radius 1 is 1.22 bits per heavy atom. The van der Waals surface area contributed by atoms with Gasteiger partial charge in [-0.1, -0.05) is 22.0 Å². The van der Waals surface area contributed by atoms with Crippen molar-refractivity contribution in [3.63, 3.8) is 0 Å². The van der Waals surface area contributed by atoms with E-state index in [0.29, 0.717) is 13.0 Å². The van der Waals surface area contributed by atoms with Crippen LogP contribution in [-0.2, 0) is 9.59 Å². The number of piperazine rings is 1. The van der Waals surface area contributed by atoms with Crippen molar-refractivity contribution in [1.29, 1.82) is 0 Å². The number of rotatable bonds is 4. The van der Waals surface area contributed by atoms with E-state index in [0.717, 1.165) is 41.9 Å². The number of nitrogens with zero attached hydrogens (tertiary/aromatic N) is 3. The average molecular weight is 382 g/mol. The van der Waals surface area contributed by atoms with Gasteiger partial charge in [-0.05, 0) is 31.7 Å². The highest BCUT2D eigenvalue weighted by atomic mass is 79.9. The van der Waals surface area contributed by atoms with Gasteiger partial charge >= 0.3 is 0 Å². The van der Waals surface area contributed by atoms with E-state index in [-0.39, 0.29) is 11.8 Å². The lowest BCUT2D eigenvalue weighted by Crippen LogP contribution is -2.47. The summed E-state index contributed by atoms with van der Waals surface area (Å²) in [5.74, 6) is 0.0717. The van der Waals surface area contributed by atoms with Crippen LogP contribution in [0.25, 0.3) is 0 Å². The first-order valence-electron chi connectivity index (χ1n) is 7.89. The zero-order valence-corrected chi connectivity index (χ0v) is 15.6. The maximum absolute atomic E-state index is 12.3. The Kier molecular flexibility index (Phi) is 6.18. The lowest BCUT2D eigenvalue weighted by Gasteiger charge is -2.33. The number of likely N-dealkylation sites (N-methyl/N-ethyl adjacent to an activating group) is 1. The summed E-state index contributed by atoms with van der Waals surface area (Å²) >= 11 is 3.49. The normalized spacial score (nSPS) is 15.6. The Labute approximate surface area is 146 Å². The summed E-state index contributed by atoms with van der Waals surface area (Å²) in [5, 5.41) is 0. The smallest absolute Gasteiger partial charge is 0.224 e.